The molecule has 5 heteroatoms. The molecule has 0 aromatic heterocycles. The van der Waals surface area contributed by atoms with E-state index in [9.17, 15) is 13.2 Å². The quantitative estimate of drug-likeness (QED) is 0.914. The summed E-state index contributed by atoms with van der Waals surface area (Å²) in [6.45, 7) is 3.20. The van der Waals surface area contributed by atoms with Gasteiger partial charge in [-0.1, -0.05) is 0 Å². The summed E-state index contributed by atoms with van der Waals surface area (Å²) >= 11 is 0. The highest BCUT2D eigenvalue weighted by Crippen LogP contribution is 2.32. The molecule has 0 fully saturated rings. The molecule has 2 aromatic rings. The van der Waals surface area contributed by atoms with Crippen LogP contribution in [0.15, 0.2) is 30.3 Å². The fourth-order valence-corrected chi connectivity index (χ4v) is 1.79. The SMILES string of the molecule is Cc1cc(Oc2cc(F)ccc2F)c([C@@H](C)N)cc1F. The summed E-state index contributed by atoms with van der Waals surface area (Å²) in [6, 6.07) is 5.04. The zero-order valence-electron chi connectivity index (χ0n) is 11.1. The lowest BCUT2D eigenvalue weighted by Gasteiger charge is -2.15. The van der Waals surface area contributed by atoms with Crippen molar-refractivity contribution in [2.24, 2.45) is 5.73 Å². The molecule has 0 radical (unpaired) electrons. The maximum Gasteiger partial charge on any atom is 0.165 e. The first-order chi connectivity index (χ1) is 9.38. The molecule has 2 nitrogen and oxygen atoms in total. The van der Waals surface area contributed by atoms with Crippen LogP contribution in [0.2, 0.25) is 0 Å². The fraction of sp³-hybridized carbons (Fsp3) is 0.200. The lowest BCUT2D eigenvalue weighted by atomic mass is 10.1. The van der Waals surface area contributed by atoms with Crippen LogP contribution in [0.3, 0.4) is 0 Å². The van der Waals surface area contributed by atoms with Crippen LogP contribution in [-0.4, -0.2) is 0 Å². The molecule has 2 rings (SSSR count). The molecule has 0 aliphatic carbocycles. The Labute approximate surface area is 115 Å². The van der Waals surface area contributed by atoms with Crippen LogP contribution in [0.5, 0.6) is 11.5 Å². The van der Waals surface area contributed by atoms with Gasteiger partial charge in [0.2, 0.25) is 0 Å². The summed E-state index contributed by atoms with van der Waals surface area (Å²) in [5.41, 5.74) is 6.46. The molecule has 0 heterocycles. The minimum atomic E-state index is -0.705. The third-order valence-corrected chi connectivity index (χ3v) is 2.89. The van der Waals surface area contributed by atoms with Crippen LogP contribution < -0.4 is 10.5 Å². The van der Waals surface area contributed by atoms with Crippen molar-refractivity contribution in [2.75, 3.05) is 0 Å². The number of ether oxygens (including phenoxy) is 1. The lowest BCUT2D eigenvalue weighted by molar-refractivity contribution is 0.427. The highest BCUT2D eigenvalue weighted by Gasteiger charge is 2.15. The molecule has 0 amide bonds. The number of benzene rings is 2. The van der Waals surface area contributed by atoms with Crippen LogP contribution in [0.25, 0.3) is 0 Å². The molecular weight excluding hydrogens is 267 g/mol. The second-order valence-corrected chi connectivity index (χ2v) is 4.60. The van der Waals surface area contributed by atoms with Crippen molar-refractivity contribution >= 4 is 0 Å². The summed E-state index contributed by atoms with van der Waals surface area (Å²) in [5, 5.41) is 0. The van der Waals surface area contributed by atoms with E-state index in [2.05, 4.69) is 0 Å². The second-order valence-electron chi connectivity index (χ2n) is 4.60. The Morgan fingerprint density at radius 2 is 1.70 bits per heavy atom. The number of rotatable bonds is 3. The van der Waals surface area contributed by atoms with Gasteiger partial charge in [-0.3, -0.25) is 0 Å². The minimum absolute atomic E-state index is 0.211. The predicted molar refractivity (Wildman–Crippen MR) is 70.2 cm³/mol. The Hall–Kier alpha value is -2.01. The highest BCUT2D eigenvalue weighted by molar-refractivity contribution is 5.43. The van der Waals surface area contributed by atoms with Gasteiger partial charge < -0.3 is 10.5 Å². The monoisotopic (exact) mass is 281 g/mol. The Morgan fingerprint density at radius 3 is 2.35 bits per heavy atom. The lowest BCUT2D eigenvalue weighted by Crippen LogP contribution is -2.08. The van der Waals surface area contributed by atoms with Gasteiger partial charge in [0.05, 0.1) is 0 Å². The van der Waals surface area contributed by atoms with Crippen LogP contribution in [-0.2, 0) is 0 Å². The van der Waals surface area contributed by atoms with Gasteiger partial charge in [-0.05, 0) is 43.7 Å². The molecule has 0 aliphatic heterocycles. The average Bonchev–Trinajstić information content (AvgIpc) is 2.37. The van der Waals surface area contributed by atoms with E-state index < -0.39 is 23.5 Å². The summed E-state index contributed by atoms with van der Waals surface area (Å²) < 4.78 is 45.6. The van der Waals surface area contributed by atoms with Crippen LogP contribution in [0, 0.1) is 24.4 Å². The van der Waals surface area contributed by atoms with E-state index in [1.165, 1.54) is 12.1 Å². The van der Waals surface area contributed by atoms with Gasteiger partial charge in [-0.2, -0.15) is 0 Å². The molecule has 0 aliphatic rings. The van der Waals surface area contributed by atoms with Gasteiger partial charge in [-0.15, -0.1) is 0 Å². The molecular formula is C15H14F3NO. The molecule has 2 aromatic carbocycles. The van der Waals surface area contributed by atoms with Gasteiger partial charge in [0.25, 0.3) is 0 Å². The average molecular weight is 281 g/mol. The molecule has 0 spiro atoms. The number of nitrogens with two attached hydrogens (primary N) is 1. The Kier molecular flexibility index (Phi) is 3.99. The second kappa shape index (κ2) is 5.54. The molecule has 1 atom stereocenters. The van der Waals surface area contributed by atoms with Crippen molar-refractivity contribution in [1.82, 2.24) is 0 Å². The molecule has 0 saturated carbocycles. The van der Waals surface area contributed by atoms with Crippen molar-refractivity contribution in [1.29, 1.82) is 0 Å². The van der Waals surface area contributed by atoms with Crippen molar-refractivity contribution in [2.45, 2.75) is 19.9 Å². The number of halogens is 3. The smallest absolute Gasteiger partial charge is 0.165 e. The standard InChI is InChI=1S/C15H14F3NO/c1-8-5-14(11(9(2)19)7-13(8)18)20-15-6-10(16)3-4-12(15)17/h3-7,9H,19H2,1-2H3/t9-/m1/s1. The summed E-state index contributed by atoms with van der Waals surface area (Å²) in [7, 11) is 0. The minimum Gasteiger partial charge on any atom is -0.454 e. The molecule has 0 bridgehead atoms. The zero-order chi connectivity index (χ0) is 14.9. The van der Waals surface area contributed by atoms with Crippen molar-refractivity contribution in [3.63, 3.8) is 0 Å². The van der Waals surface area contributed by atoms with Crippen LogP contribution >= 0.6 is 0 Å². The van der Waals surface area contributed by atoms with E-state index >= 15 is 0 Å². The Morgan fingerprint density at radius 1 is 1.00 bits per heavy atom. The van der Waals surface area contributed by atoms with E-state index in [4.69, 9.17) is 10.5 Å². The maximum atomic E-state index is 13.6. The third-order valence-electron chi connectivity index (χ3n) is 2.89. The first-order valence-corrected chi connectivity index (χ1v) is 6.07. The van der Waals surface area contributed by atoms with E-state index in [1.807, 2.05) is 0 Å². The van der Waals surface area contributed by atoms with Crippen molar-refractivity contribution in [3.05, 3.63) is 58.9 Å². The van der Waals surface area contributed by atoms with Crippen molar-refractivity contribution in [3.8, 4) is 11.5 Å². The van der Waals surface area contributed by atoms with E-state index in [0.29, 0.717) is 11.1 Å². The molecule has 0 saturated heterocycles. The van der Waals surface area contributed by atoms with Gasteiger partial charge in [0.1, 0.15) is 17.4 Å². The summed E-state index contributed by atoms with van der Waals surface area (Å²) in [6.07, 6.45) is 0. The molecule has 106 valence electrons. The third kappa shape index (κ3) is 2.93. The first kappa shape index (κ1) is 14.4. The molecule has 0 unspecified atom stereocenters. The maximum absolute atomic E-state index is 13.6. The number of hydrogen-bond acceptors (Lipinski definition) is 2. The number of aryl methyl sites for hydroxylation is 1. The fourth-order valence-electron chi connectivity index (χ4n) is 1.79. The van der Waals surface area contributed by atoms with Gasteiger partial charge in [-0.25, -0.2) is 13.2 Å². The van der Waals surface area contributed by atoms with Gasteiger partial charge >= 0.3 is 0 Å². The summed E-state index contributed by atoms with van der Waals surface area (Å²) in [5.74, 6) is -1.81. The Bertz CT molecular complexity index is 641. The van der Waals surface area contributed by atoms with Gasteiger partial charge in [0, 0.05) is 17.7 Å². The topological polar surface area (TPSA) is 35.2 Å². The Balaban J connectivity index is 2.47. The van der Waals surface area contributed by atoms with Crippen LogP contribution in [0.4, 0.5) is 13.2 Å². The van der Waals surface area contributed by atoms with Crippen LogP contribution in [0.1, 0.15) is 24.1 Å². The molecule has 20 heavy (non-hydrogen) atoms. The number of hydrogen-bond donors (Lipinski definition) is 1. The largest absolute Gasteiger partial charge is 0.454 e. The normalized spacial score (nSPS) is 12.3. The predicted octanol–water partition coefficient (Wildman–Crippen LogP) is 4.22. The van der Waals surface area contributed by atoms with E-state index in [0.717, 1.165) is 18.2 Å². The van der Waals surface area contributed by atoms with Gasteiger partial charge in [0.15, 0.2) is 11.6 Å². The zero-order valence-corrected chi connectivity index (χ0v) is 11.1. The van der Waals surface area contributed by atoms with E-state index in [-0.39, 0.29) is 11.5 Å². The summed E-state index contributed by atoms with van der Waals surface area (Å²) in [4.78, 5) is 0. The highest BCUT2D eigenvalue weighted by atomic mass is 19.1. The van der Waals surface area contributed by atoms with E-state index in [1.54, 1.807) is 13.8 Å². The van der Waals surface area contributed by atoms with Crippen molar-refractivity contribution < 1.29 is 17.9 Å². The first-order valence-electron chi connectivity index (χ1n) is 6.07. The molecule has 2 N–H and O–H groups in total.